The van der Waals surface area contributed by atoms with Crippen LogP contribution >= 0.6 is 7.37 Å². The molecule has 0 saturated carbocycles. The molecule has 0 saturated heterocycles. The zero-order valence-corrected chi connectivity index (χ0v) is 6.52. The van der Waals surface area contributed by atoms with Crippen molar-refractivity contribution in [1.29, 1.82) is 5.26 Å². The third-order valence-electron chi connectivity index (χ3n) is 1.17. The third kappa shape index (κ3) is 2.53. The molecule has 0 radical (unpaired) electrons. The molecule has 3 nitrogen and oxygen atoms in total. The van der Waals surface area contributed by atoms with Gasteiger partial charge in [0, 0.05) is 12.3 Å². The summed E-state index contributed by atoms with van der Waals surface area (Å²) in [5, 5.41) is 8.02. The number of hydrogen-bond acceptors (Lipinski definition) is 3. The van der Waals surface area contributed by atoms with Crippen molar-refractivity contribution in [3.63, 3.8) is 0 Å². The van der Waals surface area contributed by atoms with Gasteiger partial charge in [-0.05, 0) is 0 Å². The fourth-order valence-corrected chi connectivity index (χ4v) is 1.28. The maximum absolute atomic E-state index is 11.1. The molecule has 0 aromatic carbocycles. The highest BCUT2D eigenvalue weighted by Crippen LogP contribution is 2.45. The van der Waals surface area contributed by atoms with Crippen molar-refractivity contribution < 1.29 is 9.09 Å². The average Bonchev–Trinajstić information content (AvgIpc) is 1.89. The first-order chi connectivity index (χ1) is 4.18. The van der Waals surface area contributed by atoms with Gasteiger partial charge in [-0.2, -0.15) is 0 Å². The summed E-state index contributed by atoms with van der Waals surface area (Å²) in [6.45, 7) is 3.50. The summed E-state index contributed by atoms with van der Waals surface area (Å²) in [5.41, 5.74) is 0. The monoisotopic (exact) mass is 147 g/mol. The second kappa shape index (κ2) is 3.53. The lowest BCUT2D eigenvalue weighted by atomic mass is 11.0. The Hall–Kier alpha value is -0.480. The minimum Gasteiger partial charge on any atom is -0.372 e. The molecule has 4 heteroatoms. The highest BCUT2D eigenvalue weighted by molar-refractivity contribution is 7.59. The molecule has 0 rings (SSSR count). The molecule has 0 heterocycles. The molecular weight excluding hydrogens is 137 g/mol. The predicted octanol–water partition coefficient (Wildman–Crippen LogP) is 1.80. The Morgan fingerprint density at radius 3 is 2.11 bits per heavy atom. The van der Waals surface area contributed by atoms with Gasteiger partial charge in [0.2, 0.25) is 0 Å². The minimum atomic E-state index is -2.54. The van der Waals surface area contributed by atoms with Crippen molar-refractivity contribution in [1.82, 2.24) is 0 Å². The molecule has 0 unspecified atom stereocenters. The van der Waals surface area contributed by atoms with E-state index in [1.54, 1.807) is 13.8 Å². The van der Waals surface area contributed by atoms with Crippen LogP contribution in [0.5, 0.6) is 0 Å². The van der Waals surface area contributed by atoms with Crippen molar-refractivity contribution in [2.45, 2.75) is 13.8 Å². The Kier molecular flexibility index (Phi) is 3.34. The second-order valence-electron chi connectivity index (χ2n) is 1.63. The summed E-state index contributed by atoms with van der Waals surface area (Å²) in [6.07, 6.45) is 2.33. The Morgan fingerprint density at radius 2 is 2.00 bits per heavy atom. The minimum absolute atomic E-state index is 0.442. The molecule has 0 aromatic rings. The van der Waals surface area contributed by atoms with E-state index >= 15 is 0 Å². The molecular formula is C5H10NO2P. The van der Waals surface area contributed by atoms with Crippen molar-refractivity contribution >= 4 is 7.37 Å². The van der Waals surface area contributed by atoms with Gasteiger partial charge < -0.3 is 4.52 Å². The van der Waals surface area contributed by atoms with Crippen LogP contribution in [-0.2, 0) is 9.09 Å². The summed E-state index contributed by atoms with van der Waals surface area (Å²) in [4.78, 5) is 0. The van der Waals surface area contributed by atoms with Crippen LogP contribution in [0.3, 0.4) is 0 Å². The van der Waals surface area contributed by atoms with Crippen molar-refractivity contribution in [3.8, 4) is 6.26 Å². The van der Waals surface area contributed by atoms with E-state index in [4.69, 9.17) is 5.26 Å². The molecule has 0 aliphatic heterocycles. The largest absolute Gasteiger partial charge is 0.372 e. The topological polar surface area (TPSA) is 50.1 Å². The number of hydrogen-bond donors (Lipinski definition) is 0. The molecule has 0 spiro atoms. The average molecular weight is 147 g/mol. The summed E-state index contributed by atoms with van der Waals surface area (Å²) in [7, 11) is -2.54. The Morgan fingerprint density at radius 1 is 1.56 bits per heavy atom. The Balaban J connectivity index is 3.98. The zero-order valence-electron chi connectivity index (χ0n) is 5.63. The van der Waals surface area contributed by atoms with Gasteiger partial charge in [-0.15, -0.1) is 5.26 Å². The van der Waals surface area contributed by atoms with E-state index in [0.29, 0.717) is 12.3 Å². The van der Waals surface area contributed by atoms with E-state index in [2.05, 4.69) is 4.52 Å². The molecule has 0 bridgehead atoms. The van der Waals surface area contributed by atoms with Gasteiger partial charge in [0.1, 0.15) is 0 Å². The fourth-order valence-electron chi connectivity index (χ4n) is 0.427. The lowest BCUT2D eigenvalue weighted by Gasteiger charge is -2.07. The van der Waals surface area contributed by atoms with Crippen LogP contribution in [-0.4, -0.2) is 12.3 Å². The van der Waals surface area contributed by atoms with Crippen molar-refractivity contribution in [2.75, 3.05) is 12.3 Å². The number of nitriles is 1. The molecule has 0 aliphatic carbocycles. The van der Waals surface area contributed by atoms with Crippen LogP contribution in [0.4, 0.5) is 0 Å². The van der Waals surface area contributed by atoms with Gasteiger partial charge in [-0.25, -0.2) is 0 Å². The first kappa shape index (κ1) is 8.52. The maximum Gasteiger partial charge on any atom is 0.291 e. The predicted molar refractivity (Wildman–Crippen MR) is 35.4 cm³/mol. The number of rotatable bonds is 3. The first-order valence-corrected chi connectivity index (χ1v) is 4.83. The highest BCUT2D eigenvalue weighted by atomic mass is 31.2. The van der Waals surface area contributed by atoms with Crippen LogP contribution in [0.2, 0.25) is 0 Å². The normalized spacial score (nSPS) is 10.3. The smallest absolute Gasteiger partial charge is 0.291 e. The van der Waals surface area contributed by atoms with E-state index < -0.39 is 7.37 Å². The van der Waals surface area contributed by atoms with E-state index in [9.17, 15) is 4.57 Å². The molecule has 0 N–H and O–H groups in total. The van der Waals surface area contributed by atoms with E-state index in [-0.39, 0.29) is 0 Å². The van der Waals surface area contributed by atoms with Crippen molar-refractivity contribution in [2.24, 2.45) is 0 Å². The zero-order chi connectivity index (χ0) is 7.33. The lowest BCUT2D eigenvalue weighted by Crippen LogP contribution is -1.89. The van der Waals surface area contributed by atoms with Gasteiger partial charge in [0.25, 0.3) is 13.6 Å². The third-order valence-corrected chi connectivity index (χ3v) is 3.51. The molecule has 0 atom stereocenters. The lowest BCUT2D eigenvalue weighted by molar-refractivity contribution is 0.457. The standard InChI is InChI=1S/C5H10NO2P/c1-3-9(7,4-2)8-5-6/h3-4H2,1-2H3. The van der Waals surface area contributed by atoms with Crippen LogP contribution in [0.15, 0.2) is 0 Å². The Labute approximate surface area is 55.1 Å². The molecule has 0 aromatic heterocycles. The molecule has 52 valence electrons. The maximum atomic E-state index is 11.1. The van der Waals surface area contributed by atoms with Gasteiger partial charge in [-0.1, -0.05) is 13.8 Å². The van der Waals surface area contributed by atoms with Gasteiger partial charge in [-0.3, -0.25) is 4.57 Å². The highest BCUT2D eigenvalue weighted by Gasteiger charge is 2.17. The van der Waals surface area contributed by atoms with Crippen LogP contribution in [0, 0.1) is 11.5 Å². The summed E-state index contributed by atoms with van der Waals surface area (Å²) in [5.74, 6) is 0. The fraction of sp³-hybridized carbons (Fsp3) is 0.800. The van der Waals surface area contributed by atoms with Crippen LogP contribution < -0.4 is 0 Å². The SMILES string of the molecule is CCP(=O)(CC)OC#N. The molecule has 0 aliphatic rings. The molecule has 0 amide bonds. The van der Waals surface area contributed by atoms with Gasteiger partial charge in [0.05, 0.1) is 0 Å². The number of nitrogens with zero attached hydrogens (tertiary/aromatic N) is 1. The molecule has 9 heavy (non-hydrogen) atoms. The quantitative estimate of drug-likeness (QED) is 0.451. The van der Waals surface area contributed by atoms with Crippen LogP contribution in [0.25, 0.3) is 0 Å². The van der Waals surface area contributed by atoms with Crippen LogP contribution in [0.1, 0.15) is 13.8 Å². The van der Waals surface area contributed by atoms with Crippen molar-refractivity contribution in [3.05, 3.63) is 0 Å². The van der Waals surface area contributed by atoms with Gasteiger partial charge in [0.15, 0.2) is 0 Å². The molecule has 0 fully saturated rings. The van der Waals surface area contributed by atoms with Gasteiger partial charge >= 0.3 is 0 Å². The summed E-state index contributed by atoms with van der Waals surface area (Å²) >= 11 is 0. The first-order valence-electron chi connectivity index (χ1n) is 2.84. The van der Waals surface area contributed by atoms with E-state index in [0.717, 1.165) is 0 Å². The summed E-state index contributed by atoms with van der Waals surface area (Å²) < 4.78 is 15.5. The Bertz CT molecular complexity index is 153. The van der Waals surface area contributed by atoms with E-state index in [1.165, 1.54) is 6.26 Å². The second-order valence-corrected chi connectivity index (χ2v) is 4.71. The van der Waals surface area contributed by atoms with E-state index in [1.807, 2.05) is 0 Å². The summed E-state index contributed by atoms with van der Waals surface area (Å²) in [6, 6.07) is 0.